The topological polar surface area (TPSA) is 77.2 Å². The number of fused-ring (bicyclic) bond motifs is 1. The number of nitrogens with zero attached hydrogens (tertiary/aromatic N) is 3. The molecule has 1 saturated heterocycles. The van der Waals surface area contributed by atoms with Crippen molar-refractivity contribution in [3.8, 4) is 6.07 Å². The fourth-order valence-corrected chi connectivity index (χ4v) is 2.88. The molecular weight excluding hydrogens is 266 g/mol. The zero-order chi connectivity index (χ0) is 14.8. The molecule has 1 aromatic heterocycles. The number of anilines is 1. The highest BCUT2D eigenvalue weighted by Crippen LogP contribution is 2.29. The predicted octanol–water partition coefficient (Wildman–Crippen LogP) is 2.41. The highest BCUT2D eigenvalue weighted by Gasteiger charge is 2.25. The summed E-state index contributed by atoms with van der Waals surface area (Å²) in [6.45, 7) is 1.36. The van der Waals surface area contributed by atoms with Crippen molar-refractivity contribution in [1.82, 2.24) is 4.98 Å². The number of carbonyl (C=O) groups is 1. The molecule has 1 fully saturated rings. The van der Waals surface area contributed by atoms with Crippen molar-refractivity contribution >= 4 is 22.6 Å². The lowest BCUT2D eigenvalue weighted by molar-refractivity contribution is -0.142. The number of piperidine rings is 1. The number of nitriles is 1. The lowest BCUT2D eigenvalue weighted by Crippen LogP contribution is -2.36. The highest BCUT2D eigenvalue weighted by atomic mass is 16.4. The molecule has 1 aliphatic rings. The van der Waals surface area contributed by atoms with Crippen LogP contribution in [0.25, 0.3) is 10.8 Å². The van der Waals surface area contributed by atoms with Gasteiger partial charge in [-0.1, -0.05) is 12.1 Å². The fourth-order valence-electron chi connectivity index (χ4n) is 2.88. The molecule has 0 radical (unpaired) electrons. The first-order chi connectivity index (χ1) is 10.2. The minimum Gasteiger partial charge on any atom is -0.481 e. The van der Waals surface area contributed by atoms with Crippen LogP contribution in [0.5, 0.6) is 0 Å². The van der Waals surface area contributed by atoms with Crippen LogP contribution < -0.4 is 4.90 Å². The lowest BCUT2D eigenvalue weighted by atomic mass is 9.96. The summed E-state index contributed by atoms with van der Waals surface area (Å²) in [6, 6.07) is 9.66. The average molecular weight is 281 g/mol. The second kappa shape index (κ2) is 5.41. The van der Waals surface area contributed by atoms with Crippen molar-refractivity contribution < 1.29 is 9.90 Å². The maximum absolute atomic E-state index is 11.0. The number of hydrogen-bond acceptors (Lipinski definition) is 4. The van der Waals surface area contributed by atoms with E-state index in [0.29, 0.717) is 31.5 Å². The summed E-state index contributed by atoms with van der Waals surface area (Å²) in [4.78, 5) is 17.6. The van der Waals surface area contributed by atoms with E-state index in [0.717, 1.165) is 16.6 Å². The second-order valence-electron chi connectivity index (χ2n) is 5.25. The maximum Gasteiger partial charge on any atom is 0.306 e. The Morgan fingerprint density at radius 3 is 2.71 bits per heavy atom. The normalized spacial score (nSPS) is 15.9. The number of carboxylic acids is 1. The van der Waals surface area contributed by atoms with Crippen LogP contribution in [-0.4, -0.2) is 29.1 Å². The third kappa shape index (κ3) is 2.40. The molecule has 0 saturated carbocycles. The molecule has 0 aliphatic carbocycles. The fraction of sp³-hybridized carbons (Fsp3) is 0.312. The van der Waals surface area contributed by atoms with Gasteiger partial charge in [0.1, 0.15) is 5.82 Å². The molecule has 0 amide bonds. The minimum absolute atomic E-state index is 0.258. The Labute approximate surface area is 122 Å². The molecule has 2 aromatic rings. The average Bonchev–Trinajstić information content (AvgIpc) is 2.53. The van der Waals surface area contributed by atoms with Gasteiger partial charge in [0.15, 0.2) is 0 Å². The summed E-state index contributed by atoms with van der Waals surface area (Å²) in [5.41, 5.74) is 0.636. The van der Waals surface area contributed by atoms with E-state index in [2.05, 4.69) is 16.0 Å². The molecule has 5 nitrogen and oxygen atoms in total. The molecule has 5 heteroatoms. The smallest absolute Gasteiger partial charge is 0.306 e. The Kier molecular flexibility index (Phi) is 3.44. The molecule has 0 bridgehead atoms. The van der Waals surface area contributed by atoms with Crippen molar-refractivity contribution in [3.63, 3.8) is 0 Å². The molecule has 0 spiro atoms. The Hall–Kier alpha value is -2.61. The van der Waals surface area contributed by atoms with Gasteiger partial charge >= 0.3 is 5.97 Å². The third-order valence-corrected chi connectivity index (χ3v) is 4.05. The molecule has 0 atom stereocenters. The third-order valence-electron chi connectivity index (χ3n) is 4.05. The summed E-state index contributed by atoms with van der Waals surface area (Å²) in [7, 11) is 0. The molecule has 106 valence electrons. The van der Waals surface area contributed by atoms with Gasteiger partial charge in [-0.2, -0.15) is 5.26 Å². The molecular formula is C16H15N3O2. The van der Waals surface area contributed by atoms with Gasteiger partial charge in [-0.15, -0.1) is 0 Å². The number of aromatic nitrogens is 1. The van der Waals surface area contributed by atoms with Crippen LogP contribution in [0.4, 0.5) is 5.82 Å². The monoisotopic (exact) mass is 281 g/mol. The Morgan fingerprint density at radius 2 is 2.05 bits per heavy atom. The van der Waals surface area contributed by atoms with Crippen LogP contribution in [0.3, 0.4) is 0 Å². The van der Waals surface area contributed by atoms with E-state index in [1.54, 1.807) is 12.3 Å². The first-order valence-electron chi connectivity index (χ1n) is 6.96. The number of hydrogen-bond donors (Lipinski definition) is 1. The Morgan fingerprint density at radius 1 is 1.29 bits per heavy atom. The van der Waals surface area contributed by atoms with Crippen molar-refractivity contribution in [2.24, 2.45) is 5.92 Å². The van der Waals surface area contributed by atoms with Crippen LogP contribution in [0.2, 0.25) is 0 Å². The van der Waals surface area contributed by atoms with Crippen LogP contribution in [0.1, 0.15) is 18.4 Å². The van der Waals surface area contributed by atoms with Gasteiger partial charge < -0.3 is 10.0 Å². The van der Waals surface area contributed by atoms with E-state index >= 15 is 0 Å². The molecule has 0 unspecified atom stereocenters. The first kappa shape index (κ1) is 13.4. The molecule has 21 heavy (non-hydrogen) atoms. The first-order valence-corrected chi connectivity index (χ1v) is 6.96. The van der Waals surface area contributed by atoms with Crippen molar-refractivity contribution in [1.29, 1.82) is 5.26 Å². The van der Waals surface area contributed by atoms with Crippen molar-refractivity contribution in [2.75, 3.05) is 18.0 Å². The molecule has 1 N–H and O–H groups in total. The SMILES string of the molecule is N#Cc1cccc2c(N3CCC(C(=O)O)CC3)nccc12. The van der Waals surface area contributed by atoms with Crippen molar-refractivity contribution in [2.45, 2.75) is 12.8 Å². The minimum atomic E-state index is -0.715. The van der Waals surface area contributed by atoms with E-state index in [1.165, 1.54) is 0 Å². The zero-order valence-electron chi connectivity index (χ0n) is 11.5. The summed E-state index contributed by atoms with van der Waals surface area (Å²) in [5.74, 6) is -0.133. The van der Waals surface area contributed by atoms with Gasteiger partial charge in [-0.3, -0.25) is 4.79 Å². The predicted molar refractivity (Wildman–Crippen MR) is 79.0 cm³/mol. The van der Waals surface area contributed by atoms with Crippen LogP contribution in [0, 0.1) is 17.2 Å². The summed E-state index contributed by atoms with van der Waals surface area (Å²) in [6.07, 6.45) is 2.97. The maximum atomic E-state index is 11.0. The summed E-state index contributed by atoms with van der Waals surface area (Å²) < 4.78 is 0. The standard InChI is InChI=1S/C16H15N3O2/c17-10-12-2-1-3-14-13(12)4-7-18-15(14)19-8-5-11(6-9-19)16(20)21/h1-4,7,11H,5-6,8-9H2,(H,20,21). The van der Waals surface area contributed by atoms with E-state index in [-0.39, 0.29) is 5.92 Å². The largest absolute Gasteiger partial charge is 0.481 e. The number of rotatable bonds is 2. The Balaban J connectivity index is 1.95. The van der Waals surface area contributed by atoms with Gasteiger partial charge in [0.05, 0.1) is 17.6 Å². The van der Waals surface area contributed by atoms with E-state index in [1.807, 2.05) is 18.2 Å². The van der Waals surface area contributed by atoms with E-state index in [9.17, 15) is 10.1 Å². The summed E-state index contributed by atoms with van der Waals surface area (Å²) >= 11 is 0. The number of aliphatic carboxylic acids is 1. The second-order valence-corrected chi connectivity index (χ2v) is 5.25. The summed E-state index contributed by atoms with van der Waals surface area (Å²) in [5, 5.41) is 20.1. The molecule has 2 heterocycles. The van der Waals surface area contributed by atoms with Crippen LogP contribution >= 0.6 is 0 Å². The number of pyridine rings is 1. The quantitative estimate of drug-likeness (QED) is 0.914. The molecule has 3 rings (SSSR count). The van der Waals surface area contributed by atoms with Gasteiger partial charge in [-0.25, -0.2) is 4.98 Å². The van der Waals surface area contributed by atoms with Gasteiger partial charge in [-0.05, 0) is 25.0 Å². The lowest BCUT2D eigenvalue weighted by Gasteiger charge is -2.31. The van der Waals surface area contributed by atoms with E-state index < -0.39 is 5.97 Å². The molecule has 1 aliphatic heterocycles. The van der Waals surface area contributed by atoms with Gasteiger partial charge in [0.2, 0.25) is 0 Å². The molecule has 1 aromatic carbocycles. The highest BCUT2D eigenvalue weighted by molar-refractivity contribution is 5.95. The number of carboxylic acid groups (broad SMARTS) is 1. The van der Waals surface area contributed by atoms with E-state index in [4.69, 9.17) is 5.11 Å². The van der Waals surface area contributed by atoms with Gasteiger partial charge in [0, 0.05) is 30.1 Å². The zero-order valence-corrected chi connectivity index (χ0v) is 11.5. The van der Waals surface area contributed by atoms with Crippen molar-refractivity contribution in [3.05, 3.63) is 36.0 Å². The number of benzene rings is 1. The van der Waals surface area contributed by atoms with Crippen LogP contribution in [0.15, 0.2) is 30.5 Å². The van der Waals surface area contributed by atoms with Gasteiger partial charge in [0.25, 0.3) is 0 Å². The Bertz CT molecular complexity index is 728. The van der Waals surface area contributed by atoms with Crippen LogP contribution in [-0.2, 0) is 4.79 Å².